The number of amides is 1. The van der Waals surface area contributed by atoms with E-state index in [0.717, 1.165) is 19.4 Å². The summed E-state index contributed by atoms with van der Waals surface area (Å²) in [6.07, 6.45) is 1.86. The molecule has 21 heavy (non-hydrogen) atoms. The molecule has 0 bridgehead atoms. The summed E-state index contributed by atoms with van der Waals surface area (Å²) in [7, 11) is 0. The average molecular weight is 289 g/mol. The van der Waals surface area contributed by atoms with E-state index < -0.39 is 5.60 Å². The van der Waals surface area contributed by atoms with Crippen LogP contribution in [0.15, 0.2) is 24.3 Å². The van der Waals surface area contributed by atoms with Gasteiger partial charge in [0.15, 0.2) is 0 Å². The van der Waals surface area contributed by atoms with Crippen molar-refractivity contribution in [2.45, 2.75) is 65.0 Å². The Hall–Kier alpha value is -1.51. The molecule has 0 aromatic heterocycles. The fourth-order valence-corrected chi connectivity index (χ4v) is 2.97. The molecule has 3 heteroatoms. The quantitative estimate of drug-likeness (QED) is 0.776. The number of rotatable bonds is 2. The molecule has 0 N–H and O–H groups in total. The third-order valence-corrected chi connectivity index (χ3v) is 3.86. The maximum atomic E-state index is 12.4. The molecule has 1 aromatic rings. The van der Waals surface area contributed by atoms with Crippen molar-refractivity contribution in [2.24, 2.45) is 0 Å². The molecule has 0 radical (unpaired) electrons. The Labute approximate surface area is 128 Å². The molecule has 1 fully saturated rings. The first-order valence-corrected chi connectivity index (χ1v) is 7.88. The van der Waals surface area contributed by atoms with E-state index in [1.54, 1.807) is 0 Å². The van der Waals surface area contributed by atoms with Crippen molar-refractivity contribution in [3.05, 3.63) is 35.4 Å². The monoisotopic (exact) mass is 289 g/mol. The van der Waals surface area contributed by atoms with Crippen LogP contribution in [-0.2, 0) is 4.74 Å². The Morgan fingerprint density at radius 1 is 1.29 bits per heavy atom. The van der Waals surface area contributed by atoms with Gasteiger partial charge >= 0.3 is 6.09 Å². The summed E-state index contributed by atoms with van der Waals surface area (Å²) in [5.41, 5.74) is 2.16. The van der Waals surface area contributed by atoms with Gasteiger partial charge in [-0.15, -0.1) is 0 Å². The van der Waals surface area contributed by atoms with Gasteiger partial charge in [-0.3, -0.25) is 0 Å². The van der Waals surface area contributed by atoms with Crippen molar-refractivity contribution in [3.8, 4) is 0 Å². The number of likely N-dealkylation sites (tertiary alicyclic amines) is 1. The van der Waals surface area contributed by atoms with Gasteiger partial charge in [0.1, 0.15) is 5.60 Å². The molecule has 1 aromatic carbocycles. The number of hydrogen-bond acceptors (Lipinski definition) is 2. The van der Waals surface area contributed by atoms with Gasteiger partial charge < -0.3 is 9.64 Å². The normalized spacial score (nSPS) is 19.1. The molecule has 1 saturated heterocycles. The van der Waals surface area contributed by atoms with Crippen LogP contribution in [0.3, 0.4) is 0 Å². The fraction of sp³-hybridized carbons (Fsp3) is 0.611. The van der Waals surface area contributed by atoms with Gasteiger partial charge in [-0.05, 0) is 50.7 Å². The van der Waals surface area contributed by atoms with Crippen LogP contribution in [0, 0.1) is 0 Å². The Morgan fingerprint density at radius 3 is 2.57 bits per heavy atom. The van der Waals surface area contributed by atoms with E-state index in [-0.39, 0.29) is 12.1 Å². The number of benzene rings is 1. The molecule has 0 spiro atoms. The van der Waals surface area contributed by atoms with Crippen LogP contribution >= 0.6 is 0 Å². The summed E-state index contributed by atoms with van der Waals surface area (Å²) >= 11 is 0. The van der Waals surface area contributed by atoms with Crippen LogP contribution in [0.5, 0.6) is 0 Å². The average Bonchev–Trinajstić information content (AvgIpc) is 2.85. The van der Waals surface area contributed by atoms with Crippen molar-refractivity contribution < 1.29 is 9.53 Å². The zero-order valence-electron chi connectivity index (χ0n) is 13.8. The zero-order chi connectivity index (χ0) is 15.6. The SMILES string of the molecule is CC(C)c1ccccc1C1CCCN1C(=O)OC(C)(C)C. The molecule has 1 atom stereocenters. The standard InChI is InChI=1S/C18H27NO2/c1-13(2)14-9-6-7-10-15(14)16-11-8-12-19(16)17(20)21-18(3,4)5/h6-7,9-10,13,16H,8,11-12H2,1-5H3. The summed E-state index contributed by atoms with van der Waals surface area (Å²) in [4.78, 5) is 14.3. The first-order chi connectivity index (χ1) is 9.79. The molecule has 1 unspecified atom stereocenters. The number of hydrogen-bond donors (Lipinski definition) is 0. The minimum atomic E-state index is -0.443. The predicted octanol–water partition coefficient (Wildman–Crippen LogP) is 4.88. The molecule has 1 amide bonds. The lowest BCUT2D eigenvalue weighted by Crippen LogP contribution is -2.36. The third-order valence-electron chi connectivity index (χ3n) is 3.86. The van der Waals surface area contributed by atoms with Crippen LogP contribution < -0.4 is 0 Å². The summed E-state index contributed by atoms with van der Waals surface area (Å²) in [5, 5.41) is 0. The van der Waals surface area contributed by atoms with Gasteiger partial charge in [-0.1, -0.05) is 38.1 Å². The van der Waals surface area contributed by atoms with E-state index in [4.69, 9.17) is 4.74 Å². The van der Waals surface area contributed by atoms with Crippen molar-refractivity contribution >= 4 is 6.09 Å². The van der Waals surface area contributed by atoms with Gasteiger partial charge in [-0.25, -0.2) is 4.79 Å². The highest BCUT2D eigenvalue weighted by molar-refractivity contribution is 5.69. The molecule has 0 aliphatic carbocycles. The number of ether oxygens (including phenoxy) is 1. The smallest absolute Gasteiger partial charge is 0.410 e. The van der Waals surface area contributed by atoms with E-state index in [0.29, 0.717) is 5.92 Å². The second kappa shape index (κ2) is 6.08. The highest BCUT2D eigenvalue weighted by Crippen LogP contribution is 2.36. The van der Waals surface area contributed by atoms with E-state index in [1.807, 2.05) is 25.7 Å². The first-order valence-electron chi connectivity index (χ1n) is 7.88. The van der Waals surface area contributed by atoms with Crippen LogP contribution in [0.25, 0.3) is 0 Å². The molecular formula is C18H27NO2. The van der Waals surface area contributed by atoms with Gasteiger partial charge in [0.2, 0.25) is 0 Å². The Balaban J connectivity index is 2.25. The lowest BCUT2D eigenvalue weighted by molar-refractivity contribution is 0.0224. The Morgan fingerprint density at radius 2 is 1.95 bits per heavy atom. The summed E-state index contributed by atoms with van der Waals surface area (Å²) in [5.74, 6) is 0.460. The van der Waals surface area contributed by atoms with Crippen molar-refractivity contribution in [1.29, 1.82) is 0 Å². The topological polar surface area (TPSA) is 29.5 Å². The summed E-state index contributed by atoms with van der Waals surface area (Å²) in [6.45, 7) is 10.9. The summed E-state index contributed by atoms with van der Waals surface area (Å²) in [6, 6.07) is 8.62. The number of carbonyl (C=O) groups is 1. The molecule has 0 saturated carbocycles. The number of carbonyl (C=O) groups excluding carboxylic acids is 1. The second-order valence-corrected chi connectivity index (χ2v) is 7.12. The van der Waals surface area contributed by atoms with Gasteiger partial charge in [-0.2, -0.15) is 0 Å². The van der Waals surface area contributed by atoms with Crippen molar-refractivity contribution in [2.75, 3.05) is 6.54 Å². The van der Waals surface area contributed by atoms with Crippen LogP contribution in [0.1, 0.15) is 70.5 Å². The van der Waals surface area contributed by atoms with Crippen molar-refractivity contribution in [1.82, 2.24) is 4.90 Å². The van der Waals surface area contributed by atoms with Crippen molar-refractivity contribution in [3.63, 3.8) is 0 Å². The maximum Gasteiger partial charge on any atom is 0.410 e. The number of nitrogens with zero attached hydrogens (tertiary/aromatic N) is 1. The van der Waals surface area contributed by atoms with Gasteiger partial charge in [0, 0.05) is 6.54 Å². The van der Waals surface area contributed by atoms with E-state index in [1.165, 1.54) is 11.1 Å². The zero-order valence-corrected chi connectivity index (χ0v) is 13.8. The summed E-state index contributed by atoms with van der Waals surface area (Å²) < 4.78 is 5.56. The van der Waals surface area contributed by atoms with Crippen LogP contribution in [0.2, 0.25) is 0 Å². The molecule has 116 valence electrons. The minimum absolute atomic E-state index is 0.151. The molecule has 2 rings (SSSR count). The highest BCUT2D eigenvalue weighted by atomic mass is 16.6. The lowest BCUT2D eigenvalue weighted by Gasteiger charge is -2.30. The van der Waals surface area contributed by atoms with Crippen LogP contribution in [0.4, 0.5) is 4.79 Å². The Kier molecular flexibility index (Phi) is 4.60. The minimum Gasteiger partial charge on any atom is -0.444 e. The van der Waals surface area contributed by atoms with E-state index in [9.17, 15) is 4.79 Å². The molecule has 1 aliphatic heterocycles. The second-order valence-electron chi connectivity index (χ2n) is 7.12. The lowest BCUT2D eigenvalue weighted by atomic mass is 9.92. The maximum absolute atomic E-state index is 12.4. The molecule has 3 nitrogen and oxygen atoms in total. The molecule has 1 aliphatic rings. The first kappa shape index (κ1) is 15.9. The van der Waals surface area contributed by atoms with E-state index in [2.05, 4.69) is 38.1 Å². The third kappa shape index (κ3) is 3.78. The van der Waals surface area contributed by atoms with Gasteiger partial charge in [0.25, 0.3) is 0 Å². The largest absolute Gasteiger partial charge is 0.444 e. The van der Waals surface area contributed by atoms with Gasteiger partial charge in [0.05, 0.1) is 6.04 Å². The molecule has 1 heterocycles. The predicted molar refractivity (Wildman–Crippen MR) is 85.4 cm³/mol. The molecular weight excluding hydrogens is 262 g/mol. The fourth-order valence-electron chi connectivity index (χ4n) is 2.97. The van der Waals surface area contributed by atoms with E-state index >= 15 is 0 Å². The highest BCUT2D eigenvalue weighted by Gasteiger charge is 2.34. The Bertz CT molecular complexity index is 502. The van der Waals surface area contributed by atoms with Crippen LogP contribution in [-0.4, -0.2) is 23.1 Å².